The summed E-state index contributed by atoms with van der Waals surface area (Å²) in [5, 5.41) is 3.45. The molecule has 0 bridgehead atoms. The van der Waals surface area contributed by atoms with Gasteiger partial charge in [-0.3, -0.25) is 0 Å². The van der Waals surface area contributed by atoms with Crippen LogP contribution in [0.25, 0.3) is 0 Å². The smallest absolute Gasteiger partial charge is 0.211 e. The Morgan fingerprint density at radius 3 is 3.15 bits per heavy atom. The maximum absolute atomic E-state index is 5.89. The minimum atomic E-state index is 0.280. The Morgan fingerprint density at radius 1 is 1.40 bits per heavy atom. The molecular formula is C16H20N2O2. The van der Waals surface area contributed by atoms with E-state index in [1.54, 1.807) is 7.11 Å². The lowest BCUT2D eigenvalue weighted by Crippen LogP contribution is -2.26. The van der Waals surface area contributed by atoms with Crippen LogP contribution in [0, 0.1) is 0 Å². The third-order valence-corrected chi connectivity index (χ3v) is 3.69. The normalized spacial score (nSPS) is 18.9. The first-order valence-electron chi connectivity index (χ1n) is 7.16. The molecule has 1 aromatic heterocycles. The first-order chi connectivity index (χ1) is 9.85. The minimum Gasteiger partial charge on any atom is -0.497 e. The molecular weight excluding hydrogens is 252 g/mol. The Bertz CT molecular complexity index is 559. The fourth-order valence-electron chi connectivity index (χ4n) is 2.61. The van der Waals surface area contributed by atoms with Crippen molar-refractivity contribution in [2.24, 2.45) is 0 Å². The highest BCUT2D eigenvalue weighted by Gasteiger charge is 2.19. The van der Waals surface area contributed by atoms with Crippen molar-refractivity contribution >= 4 is 0 Å². The van der Waals surface area contributed by atoms with Gasteiger partial charge >= 0.3 is 0 Å². The van der Waals surface area contributed by atoms with Crippen LogP contribution >= 0.6 is 0 Å². The van der Waals surface area contributed by atoms with Crippen LogP contribution in [0.5, 0.6) is 5.75 Å². The summed E-state index contributed by atoms with van der Waals surface area (Å²) in [7, 11) is 1.68. The lowest BCUT2D eigenvalue weighted by atomic mass is 10.1. The van der Waals surface area contributed by atoms with Crippen molar-refractivity contribution in [2.45, 2.75) is 31.7 Å². The zero-order valence-corrected chi connectivity index (χ0v) is 11.8. The number of aromatic nitrogens is 1. The van der Waals surface area contributed by atoms with Crippen molar-refractivity contribution in [3.8, 4) is 5.75 Å². The molecule has 106 valence electrons. The van der Waals surface area contributed by atoms with E-state index in [1.807, 2.05) is 24.4 Å². The van der Waals surface area contributed by atoms with Crippen molar-refractivity contribution in [1.82, 2.24) is 10.3 Å². The fourth-order valence-corrected chi connectivity index (χ4v) is 2.61. The summed E-state index contributed by atoms with van der Waals surface area (Å²) in [5.74, 6) is 2.60. The van der Waals surface area contributed by atoms with Gasteiger partial charge in [0.1, 0.15) is 11.5 Å². The molecule has 1 N–H and O–H groups in total. The molecule has 1 fully saturated rings. The predicted molar refractivity (Wildman–Crippen MR) is 76.9 cm³/mol. The molecule has 4 heteroatoms. The van der Waals surface area contributed by atoms with E-state index in [9.17, 15) is 0 Å². The van der Waals surface area contributed by atoms with E-state index in [0.29, 0.717) is 0 Å². The van der Waals surface area contributed by atoms with Gasteiger partial charge in [-0.05, 0) is 37.1 Å². The molecule has 0 aliphatic carbocycles. The molecule has 1 saturated heterocycles. The van der Waals surface area contributed by atoms with Gasteiger partial charge in [0.25, 0.3) is 0 Å². The molecule has 4 nitrogen and oxygen atoms in total. The number of benzene rings is 1. The van der Waals surface area contributed by atoms with Crippen molar-refractivity contribution in [2.75, 3.05) is 13.7 Å². The van der Waals surface area contributed by atoms with Gasteiger partial charge in [0, 0.05) is 6.42 Å². The van der Waals surface area contributed by atoms with Gasteiger partial charge in [0.2, 0.25) is 5.89 Å². The predicted octanol–water partition coefficient (Wildman–Crippen LogP) is 3.09. The molecule has 1 aromatic carbocycles. The Balaban J connectivity index is 1.70. The molecule has 1 atom stereocenters. The molecule has 0 spiro atoms. The van der Waals surface area contributed by atoms with E-state index in [0.717, 1.165) is 36.8 Å². The van der Waals surface area contributed by atoms with Crippen LogP contribution in [0.1, 0.15) is 42.5 Å². The van der Waals surface area contributed by atoms with E-state index in [-0.39, 0.29) is 6.04 Å². The second-order valence-electron chi connectivity index (χ2n) is 5.20. The Hall–Kier alpha value is -1.81. The number of hydrogen-bond acceptors (Lipinski definition) is 4. The van der Waals surface area contributed by atoms with Crippen molar-refractivity contribution in [3.05, 3.63) is 47.7 Å². The van der Waals surface area contributed by atoms with Gasteiger partial charge in [0.05, 0.1) is 19.3 Å². The highest BCUT2D eigenvalue weighted by molar-refractivity contribution is 5.30. The van der Waals surface area contributed by atoms with Gasteiger partial charge in [0.15, 0.2) is 0 Å². The van der Waals surface area contributed by atoms with E-state index >= 15 is 0 Å². The molecule has 2 heterocycles. The largest absolute Gasteiger partial charge is 0.497 e. The number of ether oxygens (including phenoxy) is 1. The third kappa shape index (κ3) is 3.02. The summed E-state index contributed by atoms with van der Waals surface area (Å²) >= 11 is 0. The molecule has 0 radical (unpaired) electrons. The summed E-state index contributed by atoms with van der Waals surface area (Å²) in [6.45, 7) is 1.05. The molecule has 0 unspecified atom stereocenters. The van der Waals surface area contributed by atoms with Crippen LogP contribution in [-0.2, 0) is 6.42 Å². The molecule has 0 amide bonds. The number of nitrogens with one attached hydrogen (secondary N) is 1. The first-order valence-corrected chi connectivity index (χ1v) is 7.16. The fraction of sp³-hybridized carbons (Fsp3) is 0.438. The molecule has 2 aromatic rings. The van der Waals surface area contributed by atoms with Crippen LogP contribution < -0.4 is 10.1 Å². The maximum Gasteiger partial charge on any atom is 0.211 e. The molecule has 1 aliphatic rings. The summed E-state index contributed by atoms with van der Waals surface area (Å²) in [5.41, 5.74) is 1.17. The summed E-state index contributed by atoms with van der Waals surface area (Å²) in [4.78, 5) is 4.42. The topological polar surface area (TPSA) is 47.3 Å². The Labute approximate surface area is 119 Å². The van der Waals surface area contributed by atoms with Gasteiger partial charge in [-0.25, -0.2) is 4.98 Å². The van der Waals surface area contributed by atoms with Crippen LogP contribution in [0.2, 0.25) is 0 Å². The van der Waals surface area contributed by atoms with Gasteiger partial charge in [-0.2, -0.15) is 0 Å². The quantitative estimate of drug-likeness (QED) is 0.929. The van der Waals surface area contributed by atoms with Crippen LogP contribution in [-0.4, -0.2) is 18.6 Å². The average Bonchev–Trinajstić information content (AvgIpc) is 2.97. The van der Waals surface area contributed by atoms with Gasteiger partial charge in [-0.15, -0.1) is 0 Å². The second-order valence-corrected chi connectivity index (χ2v) is 5.20. The number of nitrogens with zero attached hydrogens (tertiary/aromatic N) is 1. The summed E-state index contributed by atoms with van der Waals surface area (Å²) < 4.78 is 11.1. The number of methoxy groups -OCH3 is 1. The second kappa shape index (κ2) is 6.09. The van der Waals surface area contributed by atoms with E-state index in [2.05, 4.69) is 16.4 Å². The maximum atomic E-state index is 5.89. The number of rotatable bonds is 4. The highest BCUT2D eigenvalue weighted by atomic mass is 16.5. The average molecular weight is 272 g/mol. The highest BCUT2D eigenvalue weighted by Crippen LogP contribution is 2.24. The van der Waals surface area contributed by atoms with Crippen LogP contribution in [0.3, 0.4) is 0 Å². The SMILES string of the molecule is COc1cccc(Cc2cnc([C@@H]3CCCCN3)o2)c1. The third-order valence-electron chi connectivity index (χ3n) is 3.69. The van der Waals surface area contributed by atoms with Gasteiger partial charge in [-0.1, -0.05) is 18.6 Å². The lowest BCUT2D eigenvalue weighted by Gasteiger charge is -2.20. The molecule has 3 rings (SSSR count). The van der Waals surface area contributed by atoms with Crippen LogP contribution in [0.15, 0.2) is 34.9 Å². The van der Waals surface area contributed by atoms with Crippen molar-refractivity contribution in [3.63, 3.8) is 0 Å². The van der Waals surface area contributed by atoms with Crippen LogP contribution in [0.4, 0.5) is 0 Å². The van der Waals surface area contributed by atoms with E-state index < -0.39 is 0 Å². The Kier molecular flexibility index (Phi) is 4.02. The molecule has 1 aliphatic heterocycles. The first kappa shape index (κ1) is 13.2. The zero-order valence-electron chi connectivity index (χ0n) is 11.8. The molecule has 20 heavy (non-hydrogen) atoms. The summed E-state index contributed by atoms with van der Waals surface area (Å²) in [6, 6.07) is 8.32. The van der Waals surface area contributed by atoms with Crippen molar-refractivity contribution < 1.29 is 9.15 Å². The Morgan fingerprint density at radius 2 is 2.35 bits per heavy atom. The molecule has 0 saturated carbocycles. The van der Waals surface area contributed by atoms with E-state index in [1.165, 1.54) is 18.4 Å². The standard InChI is InChI=1S/C16H20N2O2/c1-19-13-6-4-5-12(9-13)10-14-11-18-16(20-14)15-7-2-3-8-17-15/h4-6,9,11,15,17H,2-3,7-8,10H2,1H3/t15-/m0/s1. The number of hydrogen-bond donors (Lipinski definition) is 1. The zero-order chi connectivity index (χ0) is 13.8. The van der Waals surface area contributed by atoms with Gasteiger partial charge < -0.3 is 14.5 Å². The lowest BCUT2D eigenvalue weighted by molar-refractivity contribution is 0.331. The minimum absolute atomic E-state index is 0.280. The summed E-state index contributed by atoms with van der Waals surface area (Å²) in [6.07, 6.45) is 6.18. The van der Waals surface area contributed by atoms with Crippen molar-refractivity contribution in [1.29, 1.82) is 0 Å². The number of oxazole rings is 1. The monoisotopic (exact) mass is 272 g/mol. The number of piperidine rings is 1. The van der Waals surface area contributed by atoms with E-state index in [4.69, 9.17) is 9.15 Å².